The number of thioether (sulfide) groups is 1. The Balaban J connectivity index is 1.75. The molecule has 4 rings (SSSR count). The number of allylic oxidation sites excluding steroid dienone is 1. The van der Waals surface area contributed by atoms with Gasteiger partial charge in [0.1, 0.15) is 28.5 Å². The van der Waals surface area contributed by atoms with E-state index in [1.165, 1.54) is 11.8 Å². The van der Waals surface area contributed by atoms with Gasteiger partial charge in [-0.15, -0.1) is 0 Å². The Kier molecular flexibility index (Phi) is 7.59. The van der Waals surface area contributed by atoms with Gasteiger partial charge in [-0.1, -0.05) is 17.8 Å². The Morgan fingerprint density at radius 2 is 1.94 bits per heavy atom. The minimum Gasteiger partial charge on any atom is -0.463 e. The Morgan fingerprint density at radius 1 is 1.14 bits per heavy atom. The number of aromatic nitrogens is 3. The Hall–Kier alpha value is -4.67. The number of pyridine rings is 3. The van der Waals surface area contributed by atoms with Crippen LogP contribution in [0.3, 0.4) is 0 Å². The van der Waals surface area contributed by atoms with Crippen molar-refractivity contribution in [1.82, 2.24) is 15.0 Å². The Labute approximate surface area is 211 Å². The van der Waals surface area contributed by atoms with Crippen LogP contribution in [0.25, 0.3) is 11.3 Å². The lowest BCUT2D eigenvalue weighted by Crippen LogP contribution is -2.27. The summed E-state index contributed by atoms with van der Waals surface area (Å²) in [6, 6.07) is 14.8. The highest BCUT2D eigenvalue weighted by molar-refractivity contribution is 7.99. The average Bonchev–Trinajstić information content (AvgIpc) is 2.92. The summed E-state index contributed by atoms with van der Waals surface area (Å²) in [7, 11) is 0. The second-order valence-corrected chi connectivity index (χ2v) is 8.42. The molecule has 0 spiro atoms. The zero-order valence-corrected chi connectivity index (χ0v) is 20.0. The molecule has 1 aliphatic rings. The van der Waals surface area contributed by atoms with Crippen molar-refractivity contribution in [1.29, 1.82) is 10.5 Å². The van der Waals surface area contributed by atoms with E-state index in [1.807, 2.05) is 12.1 Å². The molecule has 0 aliphatic carbocycles. The predicted octanol–water partition coefficient (Wildman–Crippen LogP) is 3.83. The van der Waals surface area contributed by atoms with Gasteiger partial charge >= 0.3 is 5.97 Å². The van der Waals surface area contributed by atoms with Crippen LogP contribution in [0.4, 0.5) is 0 Å². The summed E-state index contributed by atoms with van der Waals surface area (Å²) in [4.78, 5) is 25.9. The third kappa shape index (κ3) is 5.04. The summed E-state index contributed by atoms with van der Waals surface area (Å²) < 4.78 is 11.1. The zero-order chi connectivity index (χ0) is 25.5. The van der Waals surface area contributed by atoms with E-state index >= 15 is 0 Å². The standard InChI is InChI=1S/C26H20N6O3S/c1-2-34-26(33)23-21(35-24(29)19(13-28)22(23)18-4-3-9-31-14-18)15-36-25-17(12-27)5-6-20(32-25)16-7-10-30-11-8-16/h3-11,14,22H,2,15,29H2,1H3/t22-/m1/s1. The van der Waals surface area contributed by atoms with Crippen molar-refractivity contribution in [3.8, 4) is 23.4 Å². The van der Waals surface area contributed by atoms with E-state index in [1.54, 1.807) is 56.0 Å². The molecule has 3 aromatic heterocycles. The monoisotopic (exact) mass is 496 g/mol. The van der Waals surface area contributed by atoms with E-state index in [4.69, 9.17) is 15.2 Å². The fourth-order valence-electron chi connectivity index (χ4n) is 3.69. The summed E-state index contributed by atoms with van der Waals surface area (Å²) in [5.41, 5.74) is 8.85. The minimum absolute atomic E-state index is 0.0929. The van der Waals surface area contributed by atoms with Crippen LogP contribution in [0.1, 0.15) is 24.0 Å². The summed E-state index contributed by atoms with van der Waals surface area (Å²) in [6.45, 7) is 1.83. The van der Waals surface area contributed by atoms with E-state index in [0.29, 0.717) is 21.8 Å². The highest BCUT2D eigenvalue weighted by atomic mass is 32.2. The SMILES string of the molecule is CCOC(=O)C1=C(CSc2nc(-c3ccncc3)ccc2C#N)OC(N)=C(C#N)[C@H]1c1cccnc1. The lowest BCUT2D eigenvalue weighted by atomic mass is 9.84. The normalized spacial score (nSPS) is 15.0. The van der Waals surface area contributed by atoms with Gasteiger partial charge in [-0.25, -0.2) is 9.78 Å². The van der Waals surface area contributed by atoms with Crippen molar-refractivity contribution < 1.29 is 14.3 Å². The van der Waals surface area contributed by atoms with Gasteiger partial charge in [-0.2, -0.15) is 10.5 Å². The summed E-state index contributed by atoms with van der Waals surface area (Å²) in [6.07, 6.45) is 6.49. The van der Waals surface area contributed by atoms with Crippen molar-refractivity contribution in [3.63, 3.8) is 0 Å². The molecule has 0 unspecified atom stereocenters. The van der Waals surface area contributed by atoms with Crippen LogP contribution in [0.2, 0.25) is 0 Å². The van der Waals surface area contributed by atoms with Crippen LogP contribution in [-0.2, 0) is 14.3 Å². The van der Waals surface area contributed by atoms with Gasteiger partial charge in [0.25, 0.3) is 0 Å². The third-order valence-electron chi connectivity index (χ3n) is 5.31. The molecule has 2 N–H and O–H groups in total. The molecule has 3 aromatic rings. The molecular formula is C26H20N6O3S. The topological polar surface area (TPSA) is 148 Å². The maximum atomic E-state index is 13.1. The molecule has 36 heavy (non-hydrogen) atoms. The highest BCUT2D eigenvalue weighted by Gasteiger charge is 2.37. The first kappa shape index (κ1) is 24.5. The molecule has 1 atom stereocenters. The van der Waals surface area contributed by atoms with Gasteiger partial charge in [0.2, 0.25) is 5.88 Å². The summed E-state index contributed by atoms with van der Waals surface area (Å²) in [5.74, 6) is -1.19. The number of nitrogens with two attached hydrogens (primary N) is 1. The zero-order valence-electron chi connectivity index (χ0n) is 19.2. The molecule has 10 heteroatoms. The van der Waals surface area contributed by atoms with Gasteiger partial charge < -0.3 is 15.2 Å². The molecule has 0 amide bonds. The summed E-state index contributed by atoms with van der Waals surface area (Å²) >= 11 is 1.22. The molecule has 0 aromatic carbocycles. The van der Waals surface area contributed by atoms with Crippen molar-refractivity contribution in [2.75, 3.05) is 12.4 Å². The predicted molar refractivity (Wildman–Crippen MR) is 131 cm³/mol. The molecule has 0 bridgehead atoms. The third-order valence-corrected chi connectivity index (χ3v) is 6.30. The fraction of sp³-hybridized carbons (Fsp3) is 0.154. The minimum atomic E-state index is -0.807. The number of rotatable bonds is 7. The fourth-order valence-corrected chi connectivity index (χ4v) is 4.60. The van der Waals surface area contributed by atoms with Crippen LogP contribution in [0.5, 0.6) is 0 Å². The maximum absolute atomic E-state index is 13.1. The number of hydrogen-bond acceptors (Lipinski definition) is 10. The highest BCUT2D eigenvalue weighted by Crippen LogP contribution is 2.41. The van der Waals surface area contributed by atoms with E-state index < -0.39 is 11.9 Å². The molecule has 178 valence electrons. The lowest BCUT2D eigenvalue weighted by molar-refractivity contribution is -0.139. The van der Waals surface area contributed by atoms with Crippen LogP contribution in [0.15, 0.2) is 89.0 Å². The Morgan fingerprint density at radius 3 is 2.61 bits per heavy atom. The number of hydrogen-bond donors (Lipinski definition) is 1. The molecule has 0 radical (unpaired) electrons. The summed E-state index contributed by atoms with van der Waals surface area (Å²) in [5, 5.41) is 19.9. The molecule has 0 saturated carbocycles. The molecule has 0 fully saturated rings. The number of carbonyl (C=O) groups is 1. The van der Waals surface area contributed by atoms with E-state index in [-0.39, 0.29) is 35.1 Å². The second-order valence-electron chi connectivity index (χ2n) is 7.45. The number of nitrogens with zero attached hydrogens (tertiary/aromatic N) is 5. The smallest absolute Gasteiger partial charge is 0.338 e. The number of esters is 1. The van der Waals surface area contributed by atoms with Gasteiger partial charge in [-0.3, -0.25) is 9.97 Å². The number of nitriles is 2. The van der Waals surface area contributed by atoms with E-state index in [9.17, 15) is 15.3 Å². The second kappa shape index (κ2) is 11.2. The quantitative estimate of drug-likeness (QED) is 0.378. The average molecular weight is 497 g/mol. The van der Waals surface area contributed by atoms with Crippen LogP contribution >= 0.6 is 11.8 Å². The molecule has 4 heterocycles. The van der Waals surface area contributed by atoms with Crippen LogP contribution < -0.4 is 5.73 Å². The van der Waals surface area contributed by atoms with Crippen molar-refractivity contribution in [2.24, 2.45) is 5.73 Å². The van der Waals surface area contributed by atoms with Gasteiger partial charge in [0, 0.05) is 30.4 Å². The first-order chi connectivity index (χ1) is 17.6. The molecule has 0 saturated heterocycles. The first-order valence-corrected chi connectivity index (χ1v) is 11.9. The molecule has 9 nitrogen and oxygen atoms in total. The molecule has 1 aliphatic heterocycles. The van der Waals surface area contributed by atoms with Crippen LogP contribution in [-0.4, -0.2) is 33.3 Å². The number of ether oxygens (including phenoxy) is 2. The largest absolute Gasteiger partial charge is 0.463 e. The molecular weight excluding hydrogens is 476 g/mol. The van der Waals surface area contributed by atoms with Crippen molar-refractivity contribution in [2.45, 2.75) is 17.9 Å². The lowest BCUT2D eigenvalue weighted by Gasteiger charge is -2.27. The van der Waals surface area contributed by atoms with Gasteiger partial charge in [0.15, 0.2) is 0 Å². The van der Waals surface area contributed by atoms with Crippen molar-refractivity contribution >= 4 is 17.7 Å². The van der Waals surface area contributed by atoms with E-state index in [2.05, 4.69) is 27.1 Å². The van der Waals surface area contributed by atoms with Gasteiger partial charge in [0.05, 0.1) is 35.1 Å². The Bertz CT molecular complexity index is 1430. The van der Waals surface area contributed by atoms with Gasteiger partial charge in [-0.05, 0) is 42.8 Å². The van der Waals surface area contributed by atoms with Crippen molar-refractivity contribution in [3.05, 3.63) is 95.1 Å². The number of carbonyl (C=O) groups excluding carboxylic acids is 1. The van der Waals surface area contributed by atoms with E-state index in [0.717, 1.165) is 5.56 Å². The van der Waals surface area contributed by atoms with Crippen LogP contribution in [0, 0.1) is 22.7 Å². The first-order valence-electron chi connectivity index (χ1n) is 10.9. The maximum Gasteiger partial charge on any atom is 0.338 e.